The Labute approximate surface area is 161 Å². The highest BCUT2D eigenvalue weighted by atomic mass is 16.6. The van der Waals surface area contributed by atoms with Gasteiger partial charge in [0.15, 0.2) is 0 Å². The molecule has 1 amide bonds. The number of carboxylic acids is 1. The van der Waals surface area contributed by atoms with Crippen molar-refractivity contribution in [2.24, 2.45) is 17.8 Å². The second kappa shape index (κ2) is 10.1. The summed E-state index contributed by atoms with van der Waals surface area (Å²) in [5.41, 5.74) is -0.188. The van der Waals surface area contributed by atoms with E-state index in [9.17, 15) is 19.5 Å². The number of hydrogen-bond donors (Lipinski definition) is 2. The third-order valence-electron chi connectivity index (χ3n) is 4.01. The lowest BCUT2D eigenvalue weighted by Gasteiger charge is -2.28. The molecule has 0 fully saturated rings. The van der Waals surface area contributed by atoms with Crippen LogP contribution in [-0.2, 0) is 14.3 Å². The Balaban J connectivity index is 2.85. The molecule has 0 aliphatic heterocycles. The molecule has 0 spiro atoms. The van der Waals surface area contributed by atoms with E-state index in [1.54, 1.807) is 45.0 Å². The fourth-order valence-corrected chi connectivity index (χ4v) is 2.84. The van der Waals surface area contributed by atoms with Gasteiger partial charge in [0.05, 0.1) is 11.8 Å². The summed E-state index contributed by atoms with van der Waals surface area (Å²) in [6.07, 6.45) is 0.572. The highest BCUT2D eigenvalue weighted by molar-refractivity contribution is 5.94. The van der Waals surface area contributed by atoms with Gasteiger partial charge in [0.2, 0.25) is 0 Å². The molecule has 6 heteroatoms. The summed E-state index contributed by atoms with van der Waals surface area (Å²) < 4.78 is 5.44. The van der Waals surface area contributed by atoms with Gasteiger partial charge in [-0.25, -0.2) is 0 Å². The first-order valence-corrected chi connectivity index (χ1v) is 9.30. The lowest BCUT2D eigenvalue weighted by Crippen LogP contribution is -2.38. The van der Waals surface area contributed by atoms with Crippen LogP contribution in [0.15, 0.2) is 30.3 Å². The highest BCUT2D eigenvalue weighted by Gasteiger charge is 2.36. The highest BCUT2D eigenvalue weighted by Crippen LogP contribution is 2.27. The minimum absolute atomic E-state index is 0.120. The number of nitrogens with one attached hydrogen (secondary N) is 1. The predicted octanol–water partition coefficient (Wildman–Crippen LogP) is 3.51. The summed E-state index contributed by atoms with van der Waals surface area (Å²) in [5.74, 6) is -3.36. The molecule has 0 saturated carbocycles. The fraction of sp³-hybridized carbons (Fsp3) is 0.571. The molecule has 150 valence electrons. The van der Waals surface area contributed by atoms with Crippen molar-refractivity contribution < 1.29 is 24.2 Å². The maximum Gasteiger partial charge on any atom is 0.310 e. The molecule has 0 bridgehead atoms. The molecule has 0 aliphatic carbocycles. The van der Waals surface area contributed by atoms with Gasteiger partial charge in [-0.05, 0) is 51.7 Å². The van der Waals surface area contributed by atoms with E-state index in [0.29, 0.717) is 12.0 Å². The molecule has 1 unspecified atom stereocenters. The van der Waals surface area contributed by atoms with Gasteiger partial charge in [-0.15, -0.1) is 0 Å². The van der Waals surface area contributed by atoms with Crippen LogP contribution in [-0.4, -0.2) is 35.1 Å². The molecular formula is C21H31NO5. The zero-order chi connectivity index (χ0) is 20.6. The van der Waals surface area contributed by atoms with Crippen molar-refractivity contribution in [1.82, 2.24) is 5.32 Å². The molecule has 0 aromatic heterocycles. The Hall–Kier alpha value is -2.37. The summed E-state index contributed by atoms with van der Waals surface area (Å²) in [6.45, 7) is 9.27. The van der Waals surface area contributed by atoms with Crippen molar-refractivity contribution >= 4 is 17.8 Å². The first-order valence-electron chi connectivity index (χ1n) is 9.30. The normalized spacial score (nSPS) is 13.7. The number of rotatable bonds is 9. The van der Waals surface area contributed by atoms with E-state index in [-0.39, 0.29) is 24.8 Å². The Morgan fingerprint density at radius 1 is 1.07 bits per heavy atom. The number of hydrogen-bond acceptors (Lipinski definition) is 4. The average molecular weight is 377 g/mol. The summed E-state index contributed by atoms with van der Waals surface area (Å²) in [4.78, 5) is 36.6. The molecule has 1 aromatic rings. The number of benzene rings is 1. The Morgan fingerprint density at radius 3 is 2.15 bits per heavy atom. The van der Waals surface area contributed by atoms with Crippen LogP contribution in [0.5, 0.6) is 0 Å². The van der Waals surface area contributed by atoms with E-state index in [1.165, 1.54) is 0 Å². The topological polar surface area (TPSA) is 92.7 Å². The molecule has 2 N–H and O–H groups in total. The molecule has 0 heterocycles. The minimum atomic E-state index is -1.02. The SMILES string of the molecule is CC(C)CC(C(=O)O)[C@@H](CCNC(=O)c1ccccc1)C(=O)OC(C)(C)C. The summed E-state index contributed by atoms with van der Waals surface area (Å²) in [5, 5.41) is 12.4. The van der Waals surface area contributed by atoms with Crippen LogP contribution in [0.4, 0.5) is 0 Å². The molecular weight excluding hydrogens is 346 g/mol. The first-order chi connectivity index (χ1) is 12.5. The number of carbonyl (C=O) groups excluding carboxylic acids is 2. The summed E-state index contributed by atoms with van der Waals surface area (Å²) in [7, 11) is 0. The zero-order valence-corrected chi connectivity index (χ0v) is 16.8. The summed E-state index contributed by atoms with van der Waals surface area (Å²) in [6, 6.07) is 8.74. The quantitative estimate of drug-likeness (QED) is 0.643. The van der Waals surface area contributed by atoms with Crippen LogP contribution in [0.3, 0.4) is 0 Å². The van der Waals surface area contributed by atoms with Gasteiger partial charge in [-0.1, -0.05) is 32.0 Å². The zero-order valence-electron chi connectivity index (χ0n) is 16.8. The lowest BCUT2D eigenvalue weighted by atomic mass is 9.83. The van der Waals surface area contributed by atoms with E-state index >= 15 is 0 Å². The number of carboxylic acid groups (broad SMARTS) is 1. The summed E-state index contributed by atoms with van der Waals surface area (Å²) >= 11 is 0. The smallest absolute Gasteiger partial charge is 0.310 e. The Kier molecular flexibility index (Phi) is 8.47. The Morgan fingerprint density at radius 2 is 1.67 bits per heavy atom. The molecule has 1 aromatic carbocycles. The molecule has 0 radical (unpaired) electrons. The standard InChI is InChI=1S/C21H31NO5/c1-14(2)13-17(19(24)25)16(20(26)27-21(3,4)5)11-12-22-18(23)15-9-7-6-8-10-15/h6-10,14,16-17H,11-13H2,1-5H3,(H,22,23)(H,24,25)/t16-,17?/m1/s1. The number of carbonyl (C=O) groups is 3. The minimum Gasteiger partial charge on any atom is -0.481 e. The molecule has 0 saturated heterocycles. The van der Waals surface area contributed by atoms with Crippen LogP contribution >= 0.6 is 0 Å². The van der Waals surface area contributed by atoms with Gasteiger partial charge in [0, 0.05) is 12.1 Å². The first kappa shape index (κ1) is 22.7. The van der Waals surface area contributed by atoms with Gasteiger partial charge >= 0.3 is 11.9 Å². The third-order valence-corrected chi connectivity index (χ3v) is 4.01. The number of aliphatic carboxylic acids is 1. The van der Waals surface area contributed by atoms with Crippen LogP contribution in [0, 0.1) is 17.8 Å². The second-order valence-corrected chi connectivity index (χ2v) is 8.12. The molecule has 0 aliphatic rings. The molecule has 1 rings (SSSR count). The number of esters is 1. The number of amides is 1. The molecule has 2 atom stereocenters. The van der Waals surface area contributed by atoms with Crippen molar-refractivity contribution in [3.8, 4) is 0 Å². The molecule has 27 heavy (non-hydrogen) atoms. The van der Waals surface area contributed by atoms with Crippen molar-refractivity contribution in [3.05, 3.63) is 35.9 Å². The van der Waals surface area contributed by atoms with E-state index in [1.807, 2.05) is 19.9 Å². The van der Waals surface area contributed by atoms with Crippen molar-refractivity contribution in [2.75, 3.05) is 6.54 Å². The second-order valence-electron chi connectivity index (χ2n) is 8.12. The van der Waals surface area contributed by atoms with Gasteiger partial charge < -0.3 is 15.2 Å². The van der Waals surface area contributed by atoms with E-state index < -0.39 is 29.4 Å². The van der Waals surface area contributed by atoms with Crippen LogP contribution < -0.4 is 5.32 Å². The van der Waals surface area contributed by atoms with Crippen molar-refractivity contribution in [2.45, 2.75) is 53.1 Å². The maximum absolute atomic E-state index is 12.6. The van der Waals surface area contributed by atoms with Crippen LogP contribution in [0.25, 0.3) is 0 Å². The third kappa shape index (κ3) is 8.24. The largest absolute Gasteiger partial charge is 0.481 e. The maximum atomic E-state index is 12.6. The van der Waals surface area contributed by atoms with E-state index in [0.717, 1.165) is 0 Å². The van der Waals surface area contributed by atoms with Crippen molar-refractivity contribution in [1.29, 1.82) is 0 Å². The van der Waals surface area contributed by atoms with Gasteiger partial charge in [-0.3, -0.25) is 14.4 Å². The van der Waals surface area contributed by atoms with Gasteiger partial charge in [0.25, 0.3) is 5.91 Å². The number of ether oxygens (including phenoxy) is 1. The lowest BCUT2D eigenvalue weighted by molar-refractivity contribution is -0.167. The fourth-order valence-electron chi connectivity index (χ4n) is 2.84. The van der Waals surface area contributed by atoms with Gasteiger partial charge in [-0.2, -0.15) is 0 Å². The molecule has 6 nitrogen and oxygen atoms in total. The monoisotopic (exact) mass is 377 g/mol. The van der Waals surface area contributed by atoms with E-state index in [2.05, 4.69) is 5.32 Å². The van der Waals surface area contributed by atoms with Gasteiger partial charge in [0.1, 0.15) is 5.60 Å². The average Bonchev–Trinajstić information content (AvgIpc) is 2.55. The van der Waals surface area contributed by atoms with Crippen LogP contribution in [0.2, 0.25) is 0 Å². The van der Waals surface area contributed by atoms with Crippen molar-refractivity contribution in [3.63, 3.8) is 0 Å². The van der Waals surface area contributed by atoms with Crippen LogP contribution in [0.1, 0.15) is 57.8 Å². The Bertz CT molecular complexity index is 634. The van der Waals surface area contributed by atoms with E-state index in [4.69, 9.17) is 4.74 Å². The predicted molar refractivity (Wildman–Crippen MR) is 103 cm³/mol.